The molecule has 0 saturated carbocycles. The predicted octanol–water partition coefficient (Wildman–Crippen LogP) is 5.24. The van der Waals surface area contributed by atoms with E-state index in [1.54, 1.807) is 19.2 Å². The van der Waals surface area contributed by atoms with Crippen molar-refractivity contribution in [2.24, 2.45) is 5.92 Å². The molecule has 186 valence electrons. The molecule has 35 heavy (non-hydrogen) atoms. The van der Waals surface area contributed by atoms with Crippen LogP contribution in [0.1, 0.15) is 37.4 Å². The number of nitrogens with zero attached hydrogens (tertiary/aromatic N) is 1. The highest BCUT2D eigenvalue weighted by Crippen LogP contribution is 2.27. The van der Waals surface area contributed by atoms with Crippen LogP contribution in [0.25, 0.3) is 0 Å². The van der Waals surface area contributed by atoms with Gasteiger partial charge in [0.25, 0.3) is 10.0 Å². The SMILES string of the molecule is COc1ccc([C@@H](CC(C)C)NC(=O)CN(c2ccccc2F)S(=O)(=O)c2ccc(C)cc2)cc1. The number of amides is 1. The van der Waals surface area contributed by atoms with Gasteiger partial charge in [-0.25, -0.2) is 12.8 Å². The maximum atomic E-state index is 14.7. The monoisotopic (exact) mass is 498 g/mol. The highest BCUT2D eigenvalue weighted by molar-refractivity contribution is 7.92. The Hall–Kier alpha value is -3.39. The second-order valence-corrected chi connectivity index (χ2v) is 10.7. The van der Waals surface area contributed by atoms with Crippen LogP contribution in [-0.2, 0) is 14.8 Å². The van der Waals surface area contributed by atoms with Gasteiger partial charge in [-0.15, -0.1) is 0 Å². The first-order valence-corrected chi connectivity index (χ1v) is 12.8. The summed E-state index contributed by atoms with van der Waals surface area (Å²) in [7, 11) is -2.63. The molecule has 1 N–H and O–H groups in total. The second-order valence-electron chi connectivity index (χ2n) is 8.80. The smallest absolute Gasteiger partial charge is 0.264 e. The van der Waals surface area contributed by atoms with Gasteiger partial charge in [0.1, 0.15) is 18.1 Å². The number of rotatable bonds is 10. The van der Waals surface area contributed by atoms with Crippen molar-refractivity contribution in [1.82, 2.24) is 5.32 Å². The van der Waals surface area contributed by atoms with Gasteiger partial charge in [-0.3, -0.25) is 9.10 Å². The molecule has 0 aliphatic carbocycles. The fourth-order valence-corrected chi connectivity index (χ4v) is 5.18. The quantitative estimate of drug-likeness (QED) is 0.415. The van der Waals surface area contributed by atoms with Crippen LogP contribution in [0.3, 0.4) is 0 Å². The average molecular weight is 499 g/mol. The first-order chi connectivity index (χ1) is 16.6. The van der Waals surface area contributed by atoms with Gasteiger partial charge in [-0.05, 0) is 61.2 Å². The molecule has 0 spiro atoms. The lowest BCUT2D eigenvalue weighted by Crippen LogP contribution is -2.42. The number of benzene rings is 3. The van der Waals surface area contributed by atoms with Gasteiger partial charge < -0.3 is 10.1 Å². The van der Waals surface area contributed by atoms with Gasteiger partial charge in [0.15, 0.2) is 0 Å². The summed E-state index contributed by atoms with van der Waals surface area (Å²) in [5, 5.41) is 2.95. The number of hydrogen-bond acceptors (Lipinski definition) is 4. The van der Waals surface area contributed by atoms with Crippen molar-refractivity contribution < 1.29 is 22.3 Å². The zero-order valence-electron chi connectivity index (χ0n) is 20.4. The average Bonchev–Trinajstić information content (AvgIpc) is 2.82. The highest BCUT2D eigenvalue weighted by Gasteiger charge is 2.30. The Bertz CT molecular complexity index is 1240. The Labute approximate surface area is 206 Å². The van der Waals surface area contributed by atoms with Gasteiger partial charge >= 0.3 is 0 Å². The van der Waals surface area contributed by atoms with Gasteiger partial charge in [-0.2, -0.15) is 0 Å². The van der Waals surface area contributed by atoms with E-state index in [2.05, 4.69) is 5.32 Å². The Morgan fingerprint density at radius 1 is 1.00 bits per heavy atom. The van der Waals surface area contributed by atoms with Crippen LogP contribution < -0.4 is 14.4 Å². The minimum atomic E-state index is -4.20. The summed E-state index contributed by atoms with van der Waals surface area (Å²) in [6.07, 6.45) is 0.641. The largest absolute Gasteiger partial charge is 0.497 e. The lowest BCUT2D eigenvalue weighted by molar-refractivity contribution is -0.120. The normalized spacial score (nSPS) is 12.3. The molecule has 3 aromatic carbocycles. The van der Waals surface area contributed by atoms with Crippen molar-refractivity contribution in [3.63, 3.8) is 0 Å². The second kappa shape index (κ2) is 11.4. The molecule has 0 aromatic heterocycles. The third kappa shape index (κ3) is 6.60. The number of para-hydroxylation sites is 1. The zero-order chi connectivity index (χ0) is 25.6. The van der Waals surface area contributed by atoms with Gasteiger partial charge in [0.05, 0.1) is 23.7 Å². The third-order valence-corrected chi connectivity index (χ3v) is 7.35. The summed E-state index contributed by atoms with van der Waals surface area (Å²) < 4.78 is 47.8. The molecule has 3 aromatic rings. The van der Waals surface area contributed by atoms with Gasteiger partial charge in [0.2, 0.25) is 5.91 Å². The Balaban J connectivity index is 1.93. The molecule has 1 atom stereocenters. The minimum absolute atomic E-state index is 0.0203. The molecule has 0 bridgehead atoms. The molecule has 0 aliphatic heterocycles. The minimum Gasteiger partial charge on any atom is -0.497 e. The molecule has 0 aliphatic rings. The van der Waals surface area contributed by atoms with E-state index in [1.165, 1.54) is 36.4 Å². The maximum absolute atomic E-state index is 14.7. The number of sulfonamides is 1. The number of hydrogen-bond donors (Lipinski definition) is 1. The van der Waals surface area contributed by atoms with Gasteiger partial charge in [0, 0.05) is 0 Å². The molecule has 0 fully saturated rings. The van der Waals surface area contributed by atoms with E-state index in [4.69, 9.17) is 4.74 Å². The summed E-state index contributed by atoms with van der Waals surface area (Å²) >= 11 is 0. The number of halogens is 1. The molecule has 3 rings (SSSR count). The number of carbonyl (C=O) groups is 1. The summed E-state index contributed by atoms with van der Waals surface area (Å²) in [6.45, 7) is 5.35. The summed E-state index contributed by atoms with van der Waals surface area (Å²) in [5.41, 5.74) is 1.56. The van der Waals surface area contributed by atoms with Crippen LogP contribution in [-0.4, -0.2) is 28.0 Å². The van der Waals surface area contributed by atoms with Crippen LogP contribution in [0.4, 0.5) is 10.1 Å². The van der Waals surface area contributed by atoms with Crippen molar-refractivity contribution in [3.05, 3.63) is 89.7 Å². The molecule has 8 heteroatoms. The first kappa shape index (κ1) is 26.2. The van der Waals surface area contributed by atoms with Crippen molar-refractivity contribution in [2.45, 2.75) is 38.1 Å². The van der Waals surface area contributed by atoms with Crippen LogP contribution in [0.15, 0.2) is 77.7 Å². The standard InChI is InChI=1S/C27H31FN2O4S/c1-19(2)17-25(21-11-13-22(34-4)14-12-21)29-27(31)18-30(26-8-6-5-7-24(26)28)35(32,33)23-15-9-20(3)10-16-23/h5-16,19,25H,17-18H2,1-4H3,(H,29,31)/t25-/m1/s1. The summed E-state index contributed by atoms with van der Waals surface area (Å²) in [6, 6.07) is 18.8. The van der Waals surface area contributed by atoms with E-state index in [0.717, 1.165) is 15.4 Å². The Kier molecular flexibility index (Phi) is 8.51. The molecule has 1 amide bonds. The van der Waals surface area contributed by atoms with E-state index in [9.17, 15) is 17.6 Å². The third-order valence-electron chi connectivity index (χ3n) is 5.58. The number of methoxy groups -OCH3 is 1. The van der Waals surface area contributed by atoms with Crippen LogP contribution >= 0.6 is 0 Å². The summed E-state index contributed by atoms with van der Waals surface area (Å²) in [4.78, 5) is 13.2. The van der Waals surface area contributed by atoms with E-state index < -0.39 is 28.3 Å². The van der Waals surface area contributed by atoms with Crippen LogP contribution in [0.5, 0.6) is 5.75 Å². The number of ether oxygens (including phenoxy) is 1. The summed E-state index contributed by atoms with van der Waals surface area (Å²) in [5.74, 6) is -0.310. The van der Waals surface area contributed by atoms with E-state index in [-0.39, 0.29) is 22.5 Å². The fraction of sp³-hybridized carbons (Fsp3) is 0.296. The number of aryl methyl sites for hydroxylation is 1. The Morgan fingerprint density at radius 2 is 1.63 bits per heavy atom. The lowest BCUT2D eigenvalue weighted by Gasteiger charge is -2.27. The zero-order valence-corrected chi connectivity index (χ0v) is 21.2. The van der Waals surface area contributed by atoms with E-state index in [0.29, 0.717) is 12.2 Å². The van der Waals surface area contributed by atoms with Crippen molar-refractivity contribution >= 4 is 21.6 Å². The molecule has 0 radical (unpaired) electrons. The Morgan fingerprint density at radius 3 is 2.20 bits per heavy atom. The van der Waals surface area contributed by atoms with E-state index >= 15 is 0 Å². The van der Waals surface area contributed by atoms with Crippen LogP contribution in [0, 0.1) is 18.7 Å². The maximum Gasteiger partial charge on any atom is 0.264 e. The van der Waals surface area contributed by atoms with Crippen molar-refractivity contribution in [1.29, 1.82) is 0 Å². The molecule has 0 heterocycles. The predicted molar refractivity (Wildman–Crippen MR) is 135 cm³/mol. The molecule has 6 nitrogen and oxygen atoms in total. The van der Waals surface area contributed by atoms with Crippen molar-refractivity contribution in [2.75, 3.05) is 18.0 Å². The molecular weight excluding hydrogens is 467 g/mol. The fourth-order valence-electron chi connectivity index (χ4n) is 3.75. The lowest BCUT2D eigenvalue weighted by atomic mass is 9.97. The highest BCUT2D eigenvalue weighted by atomic mass is 32.2. The number of nitrogens with one attached hydrogen (secondary N) is 1. The van der Waals surface area contributed by atoms with E-state index in [1.807, 2.05) is 45.0 Å². The number of carbonyl (C=O) groups excluding carboxylic acids is 1. The topological polar surface area (TPSA) is 75.7 Å². The van der Waals surface area contributed by atoms with Gasteiger partial charge in [-0.1, -0.05) is 55.8 Å². The van der Waals surface area contributed by atoms with Crippen molar-refractivity contribution in [3.8, 4) is 5.75 Å². The molecule has 0 unspecified atom stereocenters. The number of anilines is 1. The first-order valence-electron chi connectivity index (χ1n) is 11.4. The van der Waals surface area contributed by atoms with Crippen LogP contribution in [0.2, 0.25) is 0 Å². The molecular formula is C27H31FN2O4S. The molecule has 0 saturated heterocycles.